The van der Waals surface area contributed by atoms with E-state index in [2.05, 4.69) is 27.5 Å². The van der Waals surface area contributed by atoms with Gasteiger partial charge in [0.1, 0.15) is 5.01 Å². The maximum Gasteiger partial charge on any atom is 0.191 e. The molecular formula is C11H20N4OS. The second-order valence-corrected chi connectivity index (χ2v) is 4.88. The summed E-state index contributed by atoms with van der Waals surface area (Å²) in [7, 11) is 3.43. The molecule has 0 saturated heterocycles. The molecule has 0 aromatic carbocycles. The number of hydrogen-bond donors (Lipinski definition) is 2. The molecule has 17 heavy (non-hydrogen) atoms. The maximum absolute atomic E-state index is 4.96. The first-order chi connectivity index (χ1) is 8.17. The van der Waals surface area contributed by atoms with Gasteiger partial charge in [0.2, 0.25) is 0 Å². The molecule has 0 saturated carbocycles. The van der Waals surface area contributed by atoms with Crippen LogP contribution in [0.15, 0.2) is 4.99 Å². The molecule has 0 radical (unpaired) electrons. The lowest BCUT2D eigenvalue weighted by molar-refractivity contribution is 0.203. The molecule has 1 rings (SSSR count). The molecule has 0 atom stereocenters. The third kappa shape index (κ3) is 4.70. The first-order valence-electron chi connectivity index (χ1n) is 5.53. The van der Waals surface area contributed by atoms with Crippen molar-refractivity contribution in [3.63, 3.8) is 0 Å². The number of hydrogen-bond acceptors (Lipinski definition) is 4. The number of thiazole rings is 1. The van der Waals surface area contributed by atoms with Gasteiger partial charge < -0.3 is 15.4 Å². The van der Waals surface area contributed by atoms with Crippen LogP contribution in [0.4, 0.5) is 0 Å². The molecule has 0 fully saturated rings. The molecule has 0 unspecified atom stereocenters. The quantitative estimate of drug-likeness (QED) is 0.470. The van der Waals surface area contributed by atoms with Crippen LogP contribution < -0.4 is 10.6 Å². The lowest BCUT2D eigenvalue weighted by Crippen LogP contribution is -2.38. The molecular weight excluding hydrogens is 236 g/mol. The number of methoxy groups -OCH3 is 1. The predicted molar refractivity (Wildman–Crippen MR) is 71.7 cm³/mol. The second kappa shape index (κ2) is 7.24. The summed E-state index contributed by atoms with van der Waals surface area (Å²) in [4.78, 5) is 9.85. The fourth-order valence-electron chi connectivity index (χ4n) is 1.27. The van der Waals surface area contributed by atoms with Crippen LogP contribution in [0.25, 0.3) is 0 Å². The van der Waals surface area contributed by atoms with Crippen LogP contribution in [0.2, 0.25) is 0 Å². The van der Waals surface area contributed by atoms with E-state index >= 15 is 0 Å². The maximum atomic E-state index is 4.96. The molecule has 0 amide bonds. The largest absolute Gasteiger partial charge is 0.383 e. The summed E-state index contributed by atoms with van der Waals surface area (Å²) in [5, 5.41) is 7.45. The summed E-state index contributed by atoms with van der Waals surface area (Å²) in [5.41, 5.74) is 1.11. The molecule has 5 nitrogen and oxygen atoms in total. The Labute approximate surface area is 106 Å². The van der Waals surface area contributed by atoms with E-state index in [9.17, 15) is 0 Å². The SMILES string of the molecule is CN=C(NCCOC)NCc1nc(C)c(C)s1. The molecule has 96 valence electrons. The number of aromatic nitrogens is 1. The van der Waals surface area contributed by atoms with Crippen molar-refractivity contribution in [1.82, 2.24) is 15.6 Å². The Bertz CT molecular complexity index is 356. The third-order valence-electron chi connectivity index (χ3n) is 2.30. The minimum Gasteiger partial charge on any atom is -0.383 e. The van der Waals surface area contributed by atoms with E-state index in [1.165, 1.54) is 4.88 Å². The van der Waals surface area contributed by atoms with E-state index in [1.54, 1.807) is 25.5 Å². The minimum absolute atomic E-state index is 0.663. The van der Waals surface area contributed by atoms with Crippen molar-refractivity contribution in [2.75, 3.05) is 27.3 Å². The average molecular weight is 256 g/mol. The number of nitrogens with zero attached hydrogens (tertiary/aromatic N) is 2. The Morgan fingerprint density at radius 3 is 2.71 bits per heavy atom. The highest BCUT2D eigenvalue weighted by molar-refractivity contribution is 7.11. The zero-order valence-corrected chi connectivity index (χ0v) is 11.6. The monoisotopic (exact) mass is 256 g/mol. The van der Waals surface area contributed by atoms with E-state index in [0.29, 0.717) is 13.2 Å². The molecule has 1 heterocycles. The zero-order chi connectivity index (χ0) is 12.7. The lowest BCUT2D eigenvalue weighted by Gasteiger charge is -2.09. The summed E-state index contributed by atoms with van der Waals surface area (Å²) in [5.74, 6) is 0.771. The van der Waals surface area contributed by atoms with Gasteiger partial charge in [-0.1, -0.05) is 0 Å². The third-order valence-corrected chi connectivity index (χ3v) is 3.37. The number of guanidine groups is 1. The van der Waals surface area contributed by atoms with Gasteiger partial charge in [0.15, 0.2) is 5.96 Å². The van der Waals surface area contributed by atoms with Crippen molar-refractivity contribution in [2.45, 2.75) is 20.4 Å². The minimum atomic E-state index is 0.663. The van der Waals surface area contributed by atoms with E-state index in [-0.39, 0.29) is 0 Å². The van der Waals surface area contributed by atoms with Gasteiger partial charge >= 0.3 is 0 Å². The molecule has 2 N–H and O–H groups in total. The summed E-state index contributed by atoms with van der Waals surface area (Å²) in [6, 6.07) is 0. The first kappa shape index (κ1) is 13.9. The summed E-state index contributed by atoms with van der Waals surface area (Å²) >= 11 is 1.71. The van der Waals surface area contributed by atoms with Crippen molar-refractivity contribution in [3.05, 3.63) is 15.6 Å². The van der Waals surface area contributed by atoms with Crippen LogP contribution in [0.5, 0.6) is 0 Å². The van der Waals surface area contributed by atoms with Crippen LogP contribution in [0.3, 0.4) is 0 Å². The summed E-state index contributed by atoms with van der Waals surface area (Å²) in [6.07, 6.45) is 0. The number of rotatable bonds is 5. The Morgan fingerprint density at radius 2 is 2.18 bits per heavy atom. The van der Waals surface area contributed by atoms with Crippen molar-refractivity contribution < 1.29 is 4.74 Å². The fraction of sp³-hybridized carbons (Fsp3) is 0.636. The second-order valence-electron chi connectivity index (χ2n) is 3.59. The van der Waals surface area contributed by atoms with Crippen LogP contribution in [0.1, 0.15) is 15.6 Å². The Kier molecular flexibility index (Phi) is 5.93. The van der Waals surface area contributed by atoms with E-state index in [0.717, 1.165) is 23.2 Å². The van der Waals surface area contributed by atoms with Crippen LogP contribution in [-0.4, -0.2) is 38.3 Å². The standard InChI is InChI=1S/C11H20N4OS/c1-8-9(2)17-10(15-8)7-14-11(12-3)13-5-6-16-4/h5-7H2,1-4H3,(H2,12,13,14). The van der Waals surface area contributed by atoms with Gasteiger partial charge in [-0.2, -0.15) is 0 Å². The highest BCUT2D eigenvalue weighted by atomic mass is 32.1. The fourth-order valence-corrected chi connectivity index (χ4v) is 2.14. The van der Waals surface area contributed by atoms with Crippen molar-refractivity contribution in [2.24, 2.45) is 4.99 Å². The van der Waals surface area contributed by atoms with Gasteiger partial charge in [-0.25, -0.2) is 4.98 Å². The van der Waals surface area contributed by atoms with E-state index < -0.39 is 0 Å². The highest BCUT2D eigenvalue weighted by Gasteiger charge is 2.04. The van der Waals surface area contributed by atoms with Crippen LogP contribution in [0, 0.1) is 13.8 Å². The van der Waals surface area contributed by atoms with Crippen molar-refractivity contribution >= 4 is 17.3 Å². The van der Waals surface area contributed by atoms with Gasteiger partial charge in [0.05, 0.1) is 18.8 Å². The summed E-state index contributed by atoms with van der Waals surface area (Å²) < 4.78 is 4.96. The van der Waals surface area contributed by atoms with Crippen LogP contribution >= 0.6 is 11.3 Å². The predicted octanol–water partition coefficient (Wildman–Crippen LogP) is 1.07. The molecule has 1 aromatic rings. The molecule has 0 aliphatic rings. The highest BCUT2D eigenvalue weighted by Crippen LogP contribution is 2.15. The molecule has 0 aliphatic heterocycles. The number of aliphatic imine (C=N–C) groups is 1. The van der Waals surface area contributed by atoms with Gasteiger partial charge in [-0.3, -0.25) is 4.99 Å². The van der Waals surface area contributed by atoms with Crippen molar-refractivity contribution in [3.8, 4) is 0 Å². The Hall–Kier alpha value is -1.14. The Morgan fingerprint density at radius 1 is 1.41 bits per heavy atom. The molecule has 0 spiro atoms. The summed E-state index contributed by atoms with van der Waals surface area (Å²) in [6.45, 7) is 6.22. The zero-order valence-electron chi connectivity index (χ0n) is 10.8. The number of aryl methyl sites for hydroxylation is 2. The van der Waals surface area contributed by atoms with E-state index in [1.807, 2.05) is 6.92 Å². The van der Waals surface area contributed by atoms with Gasteiger partial charge in [0.25, 0.3) is 0 Å². The number of nitrogens with one attached hydrogen (secondary N) is 2. The average Bonchev–Trinajstić information content (AvgIpc) is 2.63. The molecule has 0 bridgehead atoms. The molecule has 6 heteroatoms. The van der Waals surface area contributed by atoms with Gasteiger partial charge in [-0.05, 0) is 13.8 Å². The van der Waals surface area contributed by atoms with Gasteiger partial charge in [0, 0.05) is 25.6 Å². The topological polar surface area (TPSA) is 58.5 Å². The van der Waals surface area contributed by atoms with Gasteiger partial charge in [-0.15, -0.1) is 11.3 Å². The van der Waals surface area contributed by atoms with Crippen molar-refractivity contribution in [1.29, 1.82) is 0 Å². The normalized spacial score (nSPS) is 11.6. The Balaban J connectivity index is 2.37. The molecule has 1 aromatic heterocycles. The number of ether oxygens (including phenoxy) is 1. The van der Waals surface area contributed by atoms with Crippen LogP contribution in [-0.2, 0) is 11.3 Å². The first-order valence-corrected chi connectivity index (χ1v) is 6.35. The smallest absolute Gasteiger partial charge is 0.191 e. The molecule has 0 aliphatic carbocycles. The van der Waals surface area contributed by atoms with E-state index in [4.69, 9.17) is 4.74 Å². The lowest BCUT2D eigenvalue weighted by atomic mass is 10.4.